The second-order valence-corrected chi connectivity index (χ2v) is 8.40. The predicted molar refractivity (Wildman–Crippen MR) is 112 cm³/mol. The van der Waals surface area contributed by atoms with Crippen LogP contribution in [0, 0.1) is 6.92 Å². The number of hydrogen-bond donors (Lipinski definition) is 1. The highest BCUT2D eigenvalue weighted by Gasteiger charge is 2.22. The molecule has 3 heterocycles. The van der Waals surface area contributed by atoms with E-state index < -0.39 is 0 Å². The normalized spacial score (nSPS) is 16.4. The van der Waals surface area contributed by atoms with Gasteiger partial charge in [-0.15, -0.1) is 11.3 Å². The van der Waals surface area contributed by atoms with E-state index in [1.54, 1.807) is 11.3 Å². The molecule has 1 aliphatic heterocycles. The van der Waals surface area contributed by atoms with E-state index >= 15 is 0 Å². The summed E-state index contributed by atoms with van der Waals surface area (Å²) in [7, 11) is 0. The first-order chi connectivity index (χ1) is 13.7. The molecule has 1 saturated heterocycles. The van der Waals surface area contributed by atoms with Crippen molar-refractivity contribution in [3.8, 4) is 0 Å². The van der Waals surface area contributed by atoms with E-state index in [1.165, 1.54) is 22.4 Å². The molecule has 28 heavy (non-hydrogen) atoms. The summed E-state index contributed by atoms with van der Waals surface area (Å²) >= 11 is 1.64. The van der Waals surface area contributed by atoms with Gasteiger partial charge in [0.2, 0.25) is 5.82 Å². The van der Waals surface area contributed by atoms with Crippen molar-refractivity contribution in [1.82, 2.24) is 9.97 Å². The Morgan fingerprint density at radius 2 is 2.00 bits per heavy atom. The van der Waals surface area contributed by atoms with E-state index in [0.29, 0.717) is 13.2 Å². The van der Waals surface area contributed by atoms with E-state index in [2.05, 4.69) is 39.2 Å². The smallest absolute Gasteiger partial charge is 0.293 e. The van der Waals surface area contributed by atoms with Crippen LogP contribution in [0.15, 0.2) is 23.6 Å². The number of nitrogens with zero attached hydrogens (tertiary/aromatic N) is 3. The van der Waals surface area contributed by atoms with Crippen LogP contribution in [0.5, 0.6) is 0 Å². The number of carbonyl (C=O) groups is 1. The van der Waals surface area contributed by atoms with E-state index in [0.717, 1.165) is 48.3 Å². The molecule has 6 nitrogen and oxygen atoms in total. The molecule has 0 saturated carbocycles. The van der Waals surface area contributed by atoms with E-state index in [4.69, 9.17) is 4.74 Å². The first kappa shape index (κ1) is 17.6. The Labute approximate surface area is 167 Å². The van der Waals surface area contributed by atoms with Gasteiger partial charge in [-0.2, -0.15) is 0 Å². The highest BCUT2D eigenvalue weighted by Crippen LogP contribution is 2.32. The molecule has 0 bridgehead atoms. The summed E-state index contributed by atoms with van der Waals surface area (Å²) in [5.41, 5.74) is 4.36. The summed E-state index contributed by atoms with van der Waals surface area (Å²) in [5, 5.41) is 6.03. The molecule has 0 spiro atoms. The zero-order chi connectivity index (χ0) is 19.1. The third-order valence-electron chi connectivity index (χ3n) is 5.49. The Balaban J connectivity index is 1.49. The number of amides is 1. The molecule has 0 unspecified atom stereocenters. The summed E-state index contributed by atoms with van der Waals surface area (Å²) in [6, 6.07) is 6.16. The molecule has 2 aliphatic rings. The molecule has 1 amide bonds. The fourth-order valence-electron chi connectivity index (χ4n) is 4.03. The Hall–Kier alpha value is -2.51. The van der Waals surface area contributed by atoms with E-state index in [-0.39, 0.29) is 11.7 Å². The zero-order valence-corrected chi connectivity index (χ0v) is 16.6. The van der Waals surface area contributed by atoms with Crippen molar-refractivity contribution in [2.45, 2.75) is 26.2 Å². The maximum atomic E-state index is 12.9. The van der Waals surface area contributed by atoms with Crippen LogP contribution < -0.4 is 10.2 Å². The average Bonchev–Trinajstić information content (AvgIpc) is 3.34. The van der Waals surface area contributed by atoms with Gasteiger partial charge in [-0.1, -0.05) is 6.07 Å². The molecule has 1 aromatic carbocycles. The number of nitrogens with one attached hydrogen (secondary N) is 1. The van der Waals surface area contributed by atoms with Gasteiger partial charge < -0.3 is 15.0 Å². The van der Waals surface area contributed by atoms with E-state index in [9.17, 15) is 4.79 Å². The first-order valence-corrected chi connectivity index (χ1v) is 10.6. The van der Waals surface area contributed by atoms with Crippen LogP contribution >= 0.6 is 11.3 Å². The number of carbonyl (C=O) groups excluding carboxylic acids is 1. The molecule has 1 fully saturated rings. The molecule has 0 radical (unpaired) electrons. The van der Waals surface area contributed by atoms with Gasteiger partial charge in [-0.25, -0.2) is 9.97 Å². The van der Waals surface area contributed by atoms with Gasteiger partial charge in [0.1, 0.15) is 5.82 Å². The number of anilines is 2. The van der Waals surface area contributed by atoms with Crippen LogP contribution in [0.25, 0.3) is 10.9 Å². The maximum absolute atomic E-state index is 12.9. The van der Waals surface area contributed by atoms with Gasteiger partial charge in [-0.05, 0) is 49.4 Å². The Bertz CT molecular complexity index is 1060. The molecule has 1 N–H and O–H groups in total. The number of morpholine rings is 1. The van der Waals surface area contributed by atoms with Crippen molar-refractivity contribution in [3.05, 3.63) is 45.4 Å². The highest BCUT2D eigenvalue weighted by atomic mass is 32.1. The molecule has 3 aromatic rings. The number of hydrogen-bond acceptors (Lipinski definition) is 6. The second-order valence-electron chi connectivity index (χ2n) is 7.31. The molecule has 2 aromatic heterocycles. The molecule has 1 aliphatic carbocycles. The fourth-order valence-corrected chi connectivity index (χ4v) is 4.81. The van der Waals surface area contributed by atoms with Gasteiger partial charge >= 0.3 is 0 Å². The van der Waals surface area contributed by atoms with Crippen molar-refractivity contribution < 1.29 is 9.53 Å². The van der Waals surface area contributed by atoms with Gasteiger partial charge in [0.05, 0.1) is 24.1 Å². The summed E-state index contributed by atoms with van der Waals surface area (Å²) in [5.74, 6) is 0.789. The topological polar surface area (TPSA) is 67.4 Å². The molecular weight excluding hydrogens is 372 g/mol. The van der Waals surface area contributed by atoms with Gasteiger partial charge in [-0.3, -0.25) is 4.79 Å². The minimum absolute atomic E-state index is 0.215. The zero-order valence-electron chi connectivity index (χ0n) is 15.8. The van der Waals surface area contributed by atoms with E-state index in [1.807, 2.05) is 11.4 Å². The summed E-state index contributed by atoms with van der Waals surface area (Å²) in [6.07, 6.45) is 3.40. The lowest BCUT2D eigenvalue weighted by atomic mass is 10.1. The van der Waals surface area contributed by atoms with Crippen molar-refractivity contribution >= 4 is 39.7 Å². The molecule has 5 rings (SSSR count). The van der Waals surface area contributed by atoms with Crippen LogP contribution in [0.4, 0.5) is 11.5 Å². The van der Waals surface area contributed by atoms with Crippen molar-refractivity contribution in [2.24, 2.45) is 0 Å². The Morgan fingerprint density at radius 1 is 1.18 bits per heavy atom. The molecule has 7 heteroatoms. The number of rotatable bonds is 3. The summed E-state index contributed by atoms with van der Waals surface area (Å²) in [4.78, 5) is 25.5. The third-order valence-corrected chi connectivity index (χ3v) is 6.39. The lowest BCUT2D eigenvalue weighted by molar-refractivity contribution is 0.101. The highest BCUT2D eigenvalue weighted by molar-refractivity contribution is 7.11. The summed E-state index contributed by atoms with van der Waals surface area (Å²) < 4.78 is 5.48. The van der Waals surface area contributed by atoms with Crippen molar-refractivity contribution in [3.63, 3.8) is 0 Å². The second kappa shape index (κ2) is 7.14. The number of aromatic nitrogens is 2. The minimum Gasteiger partial charge on any atom is -0.378 e. The van der Waals surface area contributed by atoms with Crippen LogP contribution in [-0.2, 0) is 17.6 Å². The van der Waals surface area contributed by atoms with Gasteiger partial charge in [0, 0.05) is 29.0 Å². The Morgan fingerprint density at radius 3 is 2.86 bits per heavy atom. The van der Waals surface area contributed by atoms with Gasteiger partial charge in [0.25, 0.3) is 5.91 Å². The third kappa shape index (κ3) is 3.14. The first-order valence-electron chi connectivity index (χ1n) is 9.71. The van der Waals surface area contributed by atoms with Crippen LogP contribution in [0.2, 0.25) is 0 Å². The number of ether oxygens (including phenoxy) is 1. The molecule has 0 atom stereocenters. The van der Waals surface area contributed by atoms with Crippen LogP contribution in [0.1, 0.15) is 33.0 Å². The largest absolute Gasteiger partial charge is 0.378 e. The predicted octanol–water partition coefficient (Wildman–Crippen LogP) is 3.58. The number of thiophene rings is 1. The molecular formula is C21H22N4O2S. The SMILES string of the molecule is Cc1scc2nc(C(=O)Nc3ccc4c(c3)CCC4)nc(N3CCOCC3)c12. The minimum atomic E-state index is -0.266. The Kier molecular flexibility index (Phi) is 4.49. The standard InChI is InChI=1S/C21H22N4O2S/c1-13-18-17(12-28-13)23-19(24-20(18)25-7-9-27-10-8-25)21(26)22-16-6-5-14-3-2-4-15(14)11-16/h5-6,11-12H,2-4,7-10H2,1H3,(H,22,26). The monoisotopic (exact) mass is 394 g/mol. The number of fused-ring (bicyclic) bond motifs is 2. The lowest BCUT2D eigenvalue weighted by Crippen LogP contribution is -2.37. The fraction of sp³-hybridized carbons (Fsp3) is 0.381. The lowest BCUT2D eigenvalue weighted by Gasteiger charge is -2.28. The van der Waals surface area contributed by atoms with Crippen molar-refractivity contribution in [2.75, 3.05) is 36.5 Å². The molecule has 144 valence electrons. The number of benzene rings is 1. The average molecular weight is 395 g/mol. The number of aryl methyl sites for hydroxylation is 3. The van der Waals surface area contributed by atoms with Gasteiger partial charge in [0.15, 0.2) is 0 Å². The quantitative estimate of drug-likeness (QED) is 0.735. The van der Waals surface area contributed by atoms with Crippen LogP contribution in [0.3, 0.4) is 0 Å². The summed E-state index contributed by atoms with van der Waals surface area (Å²) in [6.45, 7) is 4.96. The van der Waals surface area contributed by atoms with Crippen LogP contribution in [-0.4, -0.2) is 42.2 Å². The van der Waals surface area contributed by atoms with Crippen molar-refractivity contribution in [1.29, 1.82) is 0 Å². The maximum Gasteiger partial charge on any atom is 0.293 e.